The van der Waals surface area contributed by atoms with Crippen LogP contribution in [0, 0.1) is 17.5 Å². The topological polar surface area (TPSA) is 33.1 Å². The van der Waals surface area contributed by atoms with Crippen LogP contribution in [-0.4, -0.2) is 10.1 Å². The monoisotopic (exact) mass is 239 g/mol. The maximum absolute atomic E-state index is 13.0. The summed E-state index contributed by atoms with van der Waals surface area (Å²) in [5.74, 6) is -4.01. The van der Waals surface area contributed by atoms with Gasteiger partial charge in [0, 0.05) is 11.8 Å². The van der Waals surface area contributed by atoms with Crippen molar-refractivity contribution in [1.82, 2.24) is 4.98 Å². The van der Waals surface area contributed by atoms with E-state index >= 15 is 0 Å². The minimum Gasteiger partial charge on any atom is -0.392 e. The number of aliphatic hydroxyl groups excluding tert-OH is 1. The Kier molecular flexibility index (Phi) is 3.10. The van der Waals surface area contributed by atoms with Crippen molar-refractivity contribution in [3.05, 3.63) is 53.5 Å². The maximum atomic E-state index is 13.0. The van der Waals surface area contributed by atoms with E-state index in [9.17, 15) is 13.2 Å². The summed E-state index contributed by atoms with van der Waals surface area (Å²) in [6, 6.07) is 4.82. The van der Waals surface area contributed by atoms with Crippen molar-refractivity contribution < 1.29 is 18.3 Å². The van der Waals surface area contributed by atoms with Gasteiger partial charge in [-0.2, -0.15) is 0 Å². The quantitative estimate of drug-likeness (QED) is 0.817. The Morgan fingerprint density at radius 3 is 2.18 bits per heavy atom. The first-order valence-electron chi connectivity index (χ1n) is 4.82. The third-order valence-electron chi connectivity index (χ3n) is 2.29. The molecule has 88 valence electrons. The Hall–Kier alpha value is -1.88. The van der Waals surface area contributed by atoms with E-state index in [0.29, 0.717) is 11.3 Å². The van der Waals surface area contributed by atoms with Gasteiger partial charge in [-0.3, -0.25) is 4.98 Å². The molecule has 1 heterocycles. The number of rotatable bonds is 2. The van der Waals surface area contributed by atoms with Crippen LogP contribution in [0.25, 0.3) is 11.3 Å². The number of aromatic nitrogens is 1. The van der Waals surface area contributed by atoms with Gasteiger partial charge >= 0.3 is 0 Å². The zero-order valence-corrected chi connectivity index (χ0v) is 8.62. The molecule has 5 heteroatoms. The fourth-order valence-electron chi connectivity index (χ4n) is 1.39. The van der Waals surface area contributed by atoms with E-state index < -0.39 is 17.5 Å². The number of pyridine rings is 1. The molecule has 0 atom stereocenters. The average molecular weight is 239 g/mol. The average Bonchev–Trinajstić information content (AvgIpc) is 2.35. The molecule has 0 saturated carbocycles. The predicted octanol–water partition coefficient (Wildman–Crippen LogP) is 2.66. The SMILES string of the molecule is OCc1ccc(-c2cc(F)c(F)c(F)c2)nc1. The van der Waals surface area contributed by atoms with Gasteiger partial charge in [0.1, 0.15) is 0 Å². The van der Waals surface area contributed by atoms with E-state index in [-0.39, 0.29) is 12.2 Å². The van der Waals surface area contributed by atoms with Gasteiger partial charge in [0.25, 0.3) is 0 Å². The summed E-state index contributed by atoms with van der Waals surface area (Å²) in [6.07, 6.45) is 1.38. The summed E-state index contributed by atoms with van der Waals surface area (Å²) in [5.41, 5.74) is 1.03. The van der Waals surface area contributed by atoms with Gasteiger partial charge in [-0.05, 0) is 23.8 Å². The van der Waals surface area contributed by atoms with Crippen molar-refractivity contribution >= 4 is 0 Å². The molecule has 2 aromatic rings. The summed E-state index contributed by atoms with van der Waals surface area (Å²) in [6.45, 7) is -0.167. The number of aliphatic hydroxyl groups is 1. The number of benzene rings is 1. The van der Waals surface area contributed by atoms with Crippen molar-refractivity contribution in [2.45, 2.75) is 6.61 Å². The van der Waals surface area contributed by atoms with Crippen molar-refractivity contribution in [3.63, 3.8) is 0 Å². The molecule has 2 nitrogen and oxygen atoms in total. The molecular formula is C12H8F3NO. The van der Waals surface area contributed by atoms with E-state index in [2.05, 4.69) is 4.98 Å². The Labute approximate surface area is 95.4 Å². The molecule has 0 amide bonds. The van der Waals surface area contributed by atoms with E-state index in [0.717, 1.165) is 12.1 Å². The highest BCUT2D eigenvalue weighted by atomic mass is 19.2. The summed E-state index contributed by atoms with van der Waals surface area (Å²) >= 11 is 0. The van der Waals surface area contributed by atoms with Crippen LogP contribution in [0.5, 0.6) is 0 Å². The van der Waals surface area contributed by atoms with Crippen LogP contribution >= 0.6 is 0 Å². The first kappa shape index (κ1) is 11.6. The molecule has 0 fully saturated rings. The fourth-order valence-corrected chi connectivity index (χ4v) is 1.39. The summed E-state index contributed by atoms with van der Waals surface area (Å²) in [5, 5.41) is 8.81. The molecule has 0 unspecified atom stereocenters. The van der Waals surface area contributed by atoms with Crippen LogP contribution < -0.4 is 0 Å². The number of hydrogen-bond donors (Lipinski definition) is 1. The second kappa shape index (κ2) is 4.55. The Morgan fingerprint density at radius 1 is 1.06 bits per heavy atom. The Bertz CT molecular complexity index is 517. The van der Waals surface area contributed by atoms with Crippen LogP contribution in [0.3, 0.4) is 0 Å². The number of halogens is 3. The lowest BCUT2D eigenvalue weighted by atomic mass is 10.1. The van der Waals surface area contributed by atoms with Gasteiger partial charge in [-0.25, -0.2) is 13.2 Å². The molecule has 0 aliphatic rings. The molecule has 2 rings (SSSR count). The van der Waals surface area contributed by atoms with Crippen LogP contribution in [0.1, 0.15) is 5.56 Å². The first-order chi connectivity index (χ1) is 8.11. The minimum atomic E-state index is -1.50. The van der Waals surface area contributed by atoms with Crippen molar-refractivity contribution in [2.24, 2.45) is 0 Å². The van der Waals surface area contributed by atoms with E-state index in [1.807, 2.05) is 0 Å². The van der Waals surface area contributed by atoms with Gasteiger partial charge in [-0.1, -0.05) is 6.07 Å². The van der Waals surface area contributed by atoms with Crippen molar-refractivity contribution in [1.29, 1.82) is 0 Å². The molecular weight excluding hydrogens is 231 g/mol. The lowest BCUT2D eigenvalue weighted by molar-refractivity contribution is 0.281. The third-order valence-corrected chi connectivity index (χ3v) is 2.29. The zero-order valence-electron chi connectivity index (χ0n) is 8.62. The van der Waals surface area contributed by atoms with Crippen LogP contribution in [-0.2, 0) is 6.61 Å². The van der Waals surface area contributed by atoms with Crippen LogP contribution in [0.15, 0.2) is 30.5 Å². The normalized spacial score (nSPS) is 10.6. The zero-order chi connectivity index (χ0) is 12.4. The smallest absolute Gasteiger partial charge is 0.194 e. The molecule has 17 heavy (non-hydrogen) atoms. The largest absolute Gasteiger partial charge is 0.392 e. The first-order valence-corrected chi connectivity index (χ1v) is 4.82. The maximum Gasteiger partial charge on any atom is 0.194 e. The molecule has 0 spiro atoms. The van der Waals surface area contributed by atoms with Crippen LogP contribution in [0.2, 0.25) is 0 Å². The van der Waals surface area contributed by atoms with Gasteiger partial charge in [0.05, 0.1) is 12.3 Å². The molecule has 0 aliphatic heterocycles. The molecule has 0 bridgehead atoms. The standard InChI is InChI=1S/C12H8F3NO/c13-9-3-8(4-10(14)12(9)15)11-2-1-7(6-17)5-16-11/h1-5,17H,6H2. The van der Waals surface area contributed by atoms with Gasteiger partial charge in [-0.15, -0.1) is 0 Å². The number of nitrogens with zero attached hydrogens (tertiary/aromatic N) is 1. The predicted molar refractivity (Wildman–Crippen MR) is 55.5 cm³/mol. The van der Waals surface area contributed by atoms with E-state index in [4.69, 9.17) is 5.11 Å². The van der Waals surface area contributed by atoms with Crippen molar-refractivity contribution in [2.75, 3.05) is 0 Å². The lowest BCUT2D eigenvalue weighted by Crippen LogP contribution is -1.94. The molecule has 0 aliphatic carbocycles. The second-order valence-electron chi connectivity index (χ2n) is 3.46. The molecule has 0 radical (unpaired) electrons. The summed E-state index contributed by atoms with van der Waals surface area (Å²) < 4.78 is 38.7. The second-order valence-corrected chi connectivity index (χ2v) is 3.46. The van der Waals surface area contributed by atoms with Crippen LogP contribution in [0.4, 0.5) is 13.2 Å². The minimum absolute atomic E-state index is 0.144. The summed E-state index contributed by atoms with van der Waals surface area (Å²) in [7, 11) is 0. The summed E-state index contributed by atoms with van der Waals surface area (Å²) in [4.78, 5) is 3.92. The van der Waals surface area contributed by atoms with Gasteiger partial charge in [0.2, 0.25) is 0 Å². The number of hydrogen-bond acceptors (Lipinski definition) is 2. The highest BCUT2D eigenvalue weighted by Crippen LogP contribution is 2.22. The molecule has 1 aromatic carbocycles. The molecule has 0 saturated heterocycles. The van der Waals surface area contributed by atoms with Gasteiger partial charge < -0.3 is 5.11 Å². The molecule has 1 N–H and O–H groups in total. The third kappa shape index (κ3) is 2.29. The fraction of sp³-hybridized carbons (Fsp3) is 0.0833. The highest BCUT2D eigenvalue weighted by Gasteiger charge is 2.12. The molecule has 1 aromatic heterocycles. The van der Waals surface area contributed by atoms with E-state index in [1.54, 1.807) is 6.07 Å². The Balaban J connectivity index is 2.45. The Morgan fingerprint density at radius 2 is 1.71 bits per heavy atom. The highest BCUT2D eigenvalue weighted by molar-refractivity contribution is 5.59. The van der Waals surface area contributed by atoms with Gasteiger partial charge in [0.15, 0.2) is 17.5 Å². The lowest BCUT2D eigenvalue weighted by Gasteiger charge is -2.03. The van der Waals surface area contributed by atoms with Crippen molar-refractivity contribution in [3.8, 4) is 11.3 Å². The van der Waals surface area contributed by atoms with E-state index in [1.165, 1.54) is 12.3 Å².